The molecule has 1 saturated carbocycles. The molecule has 5 nitrogen and oxygen atoms in total. The van der Waals surface area contributed by atoms with Crippen LogP contribution >= 0.6 is 15.9 Å². The maximum atomic E-state index is 13.9. The number of rotatable bonds is 5. The normalized spacial score (nSPS) is 14.7. The summed E-state index contributed by atoms with van der Waals surface area (Å²) in [5.41, 5.74) is -0.460. The number of carbonyl (C=O) groups is 1. The average Bonchev–Trinajstić information content (AvgIpc) is 2.35. The third-order valence-corrected chi connectivity index (χ3v) is 3.85. The highest BCUT2D eigenvalue weighted by Gasteiger charge is 2.30. The van der Waals surface area contributed by atoms with Crippen molar-refractivity contribution in [1.82, 2.24) is 4.90 Å². The first-order valence-corrected chi connectivity index (χ1v) is 7.47. The second kappa shape index (κ2) is 6.30. The molecule has 0 N–H and O–H groups in total. The summed E-state index contributed by atoms with van der Waals surface area (Å²) < 4.78 is 13.9. The Balaban J connectivity index is 2.24. The Hall–Kier alpha value is -1.50. The second-order valence-electron chi connectivity index (χ2n) is 4.69. The zero-order chi connectivity index (χ0) is 14.7. The van der Waals surface area contributed by atoms with Gasteiger partial charge in [0, 0.05) is 24.0 Å². The maximum absolute atomic E-state index is 13.9. The van der Waals surface area contributed by atoms with Crippen LogP contribution in [0.3, 0.4) is 0 Å². The summed E-state index contributed by atoms with van der Waals surface area (Å²) >= 11 is 3.28. The van der Waals surface area contributed by atoms with Gasteiger partial charge in [-0.15, -0.1) is 0 Å². The van der Waals surface area contributed by atoms with Crippen molar-refractivity contribution in [2.75, 3.05) is 11.9 Å². The van der Waals surface area contributed by atoms with Gasteiger partial charge in [0.2, 0.25) is 0 Å². The lowest BCUT2D eigenvalue weighted by Gasteiger charge is -2.37. The van der Waals surface area contributed by atoms with Gasteiger partial charge in [0.1, 0.15) is 5.82 Å². The summed E-state index contributed by atoms with van der Waals surface area (Å²) in [6.07, 6.45) is 2.92. The molecule has 0 saturated heterocycles. The van der Waals surface area contributed by atoms with Crippen molar-refractivity contribution in [3.63, 3.8) is 0 Å². The lowest BCUT2D eigenvalue weighted by atomic mass is 9.91. The Labute approximate surface area is 124 Å². The van der Waals surface area contributed by atoms with E-state index >= 15 is 0 Å². The van der Waals surface area contributed by atoms with Crippen molar-refractivity contribution >= 4 is 27.5 Å². The molecule has 1 fully saturated rings. The van der Waals surface area contributed by atoms with E-state index in [1.807, 2.05) is 0 Å². The molecule has 1 aromatic rings. The van der Waals surface area contributed by atoms with Crippen LogP contribution in [0.15, 0.2) is 18.2 Å². The summed E-state index contributed by atoms with van der Waals surface area (Å²) in [4.78, 5) is 23.9. The summed E-state index contributed by atoms with van der Waals surface area (Å²) in [5, 5.41) is 11.2. The number of carbonyl (C=O) groups excluding carboxylic acids is 1. The minimum absolute atomic E-state index is 0.108. The molecule has 7 heteroatoms. The maximum Gasteiger partial charge on any atom is 0.272 e. The number of non-ortho nitro benzene ring substituents is 1. The van der Waals surface area contributed by atoms with Gasteiger partial charge in [-0.3, -0.25) is 14.9 Å². The molecule has 1 aliphatic rings. The molecule has 2 rings (SSSR count). The number of amides is 1. The van der Waals surface area contributed by atoms with Gasteiger partial charge in [-0.25, -0.2) is 4.39 Å². The quantitative estimate of drug-likeness (QED) is 0.468. The zero-order valence-electron chi connectivity index (χ0n) is 10.7. The number of alkyl halides is 1. The molecule has 0 spiro atoms. The van der Waals surface area contributed by atoms with Gasteiger partial charge in [-0.2, -0.15) is 0 Å². The molecule has 1 aromatic carbocycles. The molecule has 0 atom stereocenters. The van der Waals surface area contributed by atoms with Gasteiger partial charge in [-0.05, 0) is 25.3 Å². The molecule has 0 radical (unpaired) electrons. The molecule has 1 aliphatic carbocycles. The van der Waals surface area contributed by atoms with E-state index in [1.54, 1.807) is 4.90 Å². The fourth-order valence-electron chi connectivity index (χ4n) is 2.19. The smallest absolute Gasteiger partial charge is 0.272 e. The van der Waals surface area contributed by atoms with Crippen LogP contribution in [0.5, 0.6) is 0 Å². The first-order valence-electron chi connectivity index (χ1n) is 6.35. The largest absolute Gasteiger partial charge is 0.335 e. The van der Waals surface area contributed by atoms with Crippen LogP contribution in [0, 0.1) is 15.9 Å². The highest BCUT2D eigenvalue weighted by atomic mass is 79.9. The Kier molecular flexibility index (Phi) is 4.69. The van der Waals surface area contributed by atoms with Crippen molar-refractivity contribution < 1.29 is 14.1 Å². The van der Waals surface area contributed by atoms with E-state index in [-0.39, 0.29) is 17.3 Å². The first kappa shape index (κ1) is 14.9. The van der Waals surface area contributed by atoms with Gasteiger partial charge >= 0.3 is 0 Å². The third kappa shape index (κ3) is 2.98. The molecular formula is C13H14BrFN2O3. The third-order valence-electron chi connectivity index (χ3n) is 3.50. The van der Waals surface area contributed by atoms with Gasteiger partial charge in [0.25, 0.3) is 11.6 Å². The van der Waals surface area contributed by atoms with Gasteiger partial charge < -0.3 is 4.90 Å². The van der Waals surface area contributed by atoms with Crippen LogP contribution < -0.4 is 0 Å². The summed E-state index contributed by atoms with van der Waals surface area (Å²) in [7, 11) is 0. The van der Waals surface area contributed by atoms with E-state index in [0.717, 1.165) is 31.4 Å². The van der Waals surface area contributed by atoms with Crippen molar-refractivity contribution in [1.29, 1.82) is 0 Å². The average molecular weight is 345 g/mol. The van der Waals surface area contributed by atoms with Crippen LogP contribution in [-0.4, -0.2) is 33.6 Å². The molecular weight excluding hydrogens is 331 g/mol. The molecule has 0 bridgehead atoms. The summed E-state index contributed by atoms with van der Waals surface area (Å²) in [6.45, 7) is 0.500. The van der Waals surface area contributed by atoms with E-state index in [2.05, 4.69) is 15.9 Å². The molecule has 20 heavy (non-hydrogen) atoms. The van der Waals surface area contributed by atoms with Crippen LogP contribution in [-0.2, 0) is 0 Å². The van der Waals surface area contributed by atoms with E-state index in [1.165, 1.54) is 6.07 Å². The number of hydrogen-bond acceptors (Lipinski definition) is 3. The van der Waals surface area contributed by atoms with Crippen LogP contribution in [0.1, 0.15) is 29.6 Å². The predicted octanol–water partition coefficient (Wildman–Crippen LogP) is 3.12. The molecule has 0 heterocycles. The van der Waals surface area contributed by atoms with E-state index in [0.29, 0.717) is 11.9 Å². The summed E-state index contributed by atoms with van der Waals surface area (Å²) in [6, 6.07) is 3.29. The molecule has 0 aliphatic heterocycles. The number of halogens is 2. The predicted molar refractivity (Wildman–Crippen MR) is 75.5 cm³/mol. The number of nitro groups is 1. The van der Waals surface area contributed by atoms with Crippen molar-refractivity contribution in [3.05, 3.63) is 39.7 Å². The SMILES string of the molecule is O=C(c1ccc([N+](=O)[O-])cc1F)N(CCBr)C1CCC1. The van der Waals surface area contributed by atoms with Gasteiger partial charge in [0.15, 0.2) is 0 Å². The van der Waals surface area contributed by atoms with Gasteiger partial charge in [0.05, 0.1) is 16.6 Å². The zero-order valence-corrected chi connectivity index (χ0v) is 12.3. The molecule has 0 unspecified atom stereocenters. The van der Waals surface area contributed by atoms with E-state index in [9.17, 15) is 19.3 Å². The number of hydrogen-bond donors (Lipinski definition) is 0. The second-order valence-corrected chi connectivity index (χ2v) is 5.49. The highest BCUT2D eigenvalue weighted by molar-refractivity contribution is 9.09. The number of nitrogens with zero attached hydrogens (tertiary/aromatic N) is 2. The fourth-order valence-corrected chi connectivity index (χ4v) is 2.57. The Bertz CT molecular complexity index is 534. The minimum atomic E-state index is -0.844. The number of benzene rings is 1. The molecule has 1 amide bonds. The van der Waals surface area contributed by atoms with Crippen LogP contribution in [0.4, 0.5) is 10.1 Å². The van der Waals surface area contributed by atoms with Crippen LogP contribution in [0.25, 0.3) is 0 Å². The minimum Gasteiger partial charge on any atom is -0.335 e. The van der Waals surface area contributed by atoms with E-state index in [4.69, 9.17) is 0 Å². The van der Waals surface area contributed by atoms with E-state index < -0.39 is 16.6 Å². The topological polar surface area (TPSA) is 63.4 Å². The highest BCUT2D eigenvalue weighted by Crippen LogP contribution is 2.27. The van der Waals surface area contributed by atoms with Crippen molar-refractivity contribution in [2.24, 2.45) is 0 Å². The fraction of sp³-hybridized carbons (Fsp3) is 0.462. The van der Waals surface area contributed by atoms with Gasteiger partial charge in [-0.1, -0.05) is 15.9 Å². The lowest BCUT2D eigenvalue weighted by molar-refractivity contribution is -0.385. The van der Waals surface area contributed by atoms with Crippen LogP contribution in [0.2, 0.25) is 0 Å². The first-order chi connectivity index (χ1) is 9.54. The summed E-state index contributed by atoms with van der Waals surface area (Å²) in [5.74, 6) is -1.25. The van der Waals surface area contributed by atoms with Crippen molar-refractivity contribution in [2.45, 2.75) is 25.3 Å². The Morgan fingerprint density at radius 2 is 2.20 bits per heavy atom. The Morgan fingerprint density at radius 1 is 1.50 bits per heavy atom. The standard InChI is InChI=1S/C13H14BrFN2O3/c14-6-7-16(9-2-1-3-9)13(18)11-5-4-10(17(19)20)8-12(11)15/h4-5,8-9H,1-3,6-7H2. The molecule has 0 aromatic heterocycles. The van der Waals surface area contributed by atoms with Crippen molar-refractivity contribution in [3.8, 4) is 0 Å². The number of nitro benzene ring substituents is 1. The Morgan fingerprint density at radius 3 is 2.65 bits per heavy atom. The molecule has 108 valence electrons. The lowest BCUT2D eigenvalue weighted by Crippen LogP contribution is -2.45. The monoisotopic (exact) mass is 344 g/mol.